The molecule has 3 heterocycles. The lowest BCUT2D eigenvalue weighted by atomic mass is 10.0. The summed E-state index contributed by atoms with van der Waals surface area (Å²) in [6, 6.07) is 8.16. The van der Waals surface area contributed by atoms with Crippen molar-refractivity contribution in [2.45, 2.75) is 31.4 Å². The van der Waals surface area contributed by atoms with Crippen molar-refractivity contribution >= 4 is 11.6 Å². The molecule has 0 spiro atoms. The van der Waals surface area contributed by atoms with Gasteiger partial charge in [-0.3, -0.25) is 9.78 Å². The molecule has 2 atom stereocenters. The smallest absolute Gasteiger partial charge is 0.253 e. The molecule has 0 unspecified atom stereocenters. The zero-order valence-corrected chi connectivity index (χ0v) is 16.4. The zero-order valence-electron chi connectivity index (χ0n) is 16.4. The summed E-state index contributed by atoms with van der Waals surface area (Å²) in [4.78, 5) is 19.3. The van der Waals surface area contributed by atoms with E-state index in [9.17, 15) is 9.90 Å². The van der Waals surface area contributed by atoms with Crippen molar-refractivity contribution < 1.29 is 14.6 Å². The third kappa shape index (κ3) is 3.68. The zero-order chi connectivity index (χ0) is 19.8. The van der Waals surface area contributed by atoms with Gasteiger partial charge in [-0.2, -0.15) is 0 Å². The second-order valence-corrected chi connectivity index (χ2v) is 8.04. The van der Waals surface area contributed by atoms with Crippen LogP contribution in [0.15, 0.2) is 30.5 Å². The Morgan fingerprint density at radius 3 is 2.97 bits per heavy atom. The van der Waals surface area contributed by atoms with Crippen LogP contribution < -0.4 is 20.3 Å². The van der Waals surface area contributed by atoms with Crippen molar-refractivity contribution in [2.24, 2.45) is 0 Å². The number of benzene rings is 1. The van der Waals surface area contributed by atoms with Gasteiger partial charge < -0.3 is 25.4 Å². The largest absolute Gasteiger partial charge is 0.491 e. The minimum absolute atomic E-state index is 0.0705. The third-order valence-electron chi connectivity index (χ3n) is 6.04. The van der Waals surface area contributed by atoms with Crippen molar-refractivity contribution in [3.63, 3.8) is 0 Å². The van der Waals surface area contributed by atoms with Gasteiger partial charge in [-0.15, -0.1) is 0 Å². The normalized spacial score (nSPS) is 23.1. The molecule has 0 radical (unpaired) electrons. The Morgan fingerprint density at radius 1 is 1.24 bits per heavy atom. The van der Waals surface area contributed by atoms with Gasteiger partial charge in [-0.25, -0.2) is 0 Å². The molecule has 1 saturated heterocycles. The highest BCUT2D eigenvalue weighted by Crippen LogP contribution is 2.31. The fourth-order valence-electron chi connectivity index (χ4n) is 4.42. The first kappa shape index (κ1) is 18.4. The maximum Gasteiger partial charge on any atom is 0.253 e. The highest BCUT2D eigenvalue weighted by atomic mass is 16.5. The maximum absolute atomic E-state index is 12.7. The lowest BCUT2D eigenvalue weighted by Crippen LogP contribution is -2.44. The van der Waals surface area contributed by atoms with Gasteiger partial charge in [0.05, 0.1) is 23.4 Å². The maximum atomic E-state index is 12.7. The Labute approximate surface area is 170 Å². The van der Waals surface area contributed by atoms with Crippen LogP contribution in [-0.4, -0.2) is 54.8 Å². The fourth-order valence-corrected chi connectivity index (χ4v) is 4.42. The number of ether oxygens (including phenoxy) is 1. The molecule has 1 amide bonds. The second kappa shape index (κ2) is 7.65. The summed E-state index contributed by atoms with van der Waals surface area (Å²) in [7, 11) is 0. The molecule has 3 N–H and O–H groups in total. The van der Waals surface area contributed by atoms with E-state index in [0.29, 0.717) is 24.3 Å². The van der Waals surface area contributed by atoms with E-state index in [0.717, 1.165) is 55.9 Å². The molecule has 7 nitrogen and oxygen atoms in total. The van der Waals surface area contributed by atoms with E-state index in [2.05, 4.69) is 38.7 Å². The SMILES string of the molecule is O=C(N[C@H]1COc2cc(N3CCNCC3)ccc2C1)c1cnc2c(c1)CC[C@H]2O. The molecule has 3 aliphatic rings. The number of carbonyl (C=O) groups is 1. The predicted octanol–water partition coefficient (Wildman–Crippen LogP) is 1.20. The van der Waals surface area contributed by atoms with Crippen LogP contribution in [0, 0.1) is 0 Å². The summed E-state index contributed by atoms with van der Waals surface area (Å²) in [6.45, 7) is 4.47. The molecule has 1 aromatic carbocycles. The van der Waals surface area contributed by atoms with Crippen molar-refractivity contribution in [1.82, 2.24) is 15.6 Å². The number of hydrogen-bond donors (Lipinski definition) is 3. The summed E-state index contributed by atoms with van der Waals surface area (Å²) >= 11 is 0. The number of amides is 1. The molecule has 7 heteroatoms. The van der Waals surface area contributed by atoms with Gasteiger partial charge in [0, 0.05) is 44.1 Å². The van der Waals surface area contributed by atoms with E-state index in [-0.39, 0.29) is 11.9 Å². The number of aliphatic hydroxyl groups is 1. The van der Waals surface area contributed by atoms with Crippen LogP contribution in [0.2, 0.25) is 0 Å². The minimum atomic E-state index is -0.503. The molecular weight excluding hydrogens is 368 g/mol. The van der Waals surface area contributed by atoms with E-state index in [1.807, 2.05) is 6.07 Å². The molecule has 1 fully saturated rings. The number of anilines is 1. The monoisotopic (exact) mass is 394 g/mol. The Morgan fingerprint density at radius 2 is 2.10 bits per heavy atom. The van der Waals surface area contributed by atoms with Crippen molar-refractivity contribution in [1.29, 1.82) is 0 Å². The Balaban J connectivity index is 1.25. The van der Waals surface area contributed by atoms with Crippen LogP contribution in [0.25, 0.3) is 0 Å². The van der Waals surface area contributed by atoms with Gasteiger partial charge in [0.15, 0.2) is 0 Å². The molecule has 29 heavy (non-hydrogen) atoms. The first-order valence-electron chi connectivity index (χ1n) is 10.4. The van der Waals surface area contributed by atoms with Crippen LogP contribution in [0.1, 0.15) is 39.7 Å². The number of nitrogens with zero attached hydrogens (tertiary/aromatic N) is 2. The van der Waals surface area contributed by atoms with E-state index in [1.54, 1.807) is 6.20 Å². The number of aryl methyl sites for hydroxylation is 1. The van der Waals surface area contributed by atoms with Gasteiger partial charge in [0.2, 0.25) is 0 Å². The fraction of sp³-hybridized carbons (Fsp3) is 0.455. The van der Waals surface area contributed by atoms with Gasteiger partial charge in [0.25, 0.3) is 5.91 Å². The molecule has 5 rings (SSSR count). The van der Waals surface area contributed by atoms with Gasteiger partial charge >= 0.3 is 0 Å². The molecule has 1 aromatic heterocycles. The number of rotatable bonds is 3. The number of hydrogen-bond acceptors (Lipinski definition) is 6. The molecule has 152 valence electrons. The lowest BCUT2D eigenvalue weighted by molar-refractivity contribution is 0.0914. The number of piperazine rings is 1. The van der Waals surface area contributed by atoms with Crippen molar-refractivity contribution in [2.75, 3.05) is 37.7 Å². The summed E-state index contributed by atoms with van der Waals surface area (Å²) in [5.41, 5.74) is 4.53. The number of fused-ring (bicyclic) bond motifs is 2. The van der Waals surface area contributed by atoms with Gasteiger partial charge in [-0.05, 0) is 42.5 Å². The van der Waals surface area contributed by atoms with Crippen molar-refractivity contribution in [3.8, 4) is 5.75 Å². The number of pyridine rings is 1. The highest BCUT2D eigenvalue weighted by molar-refractivity contribution is 5.94. The number of carbonyl (C=O) groups excluding carboxylic acids is 1. The standard InChI is InChI=1S/C22H26N4O3/c27-19-4-2-15-9-16(12-24-21(15)19)22(28)25-17-10-14-1-3-18(11-20(14)29-13-17)26-7-5-23-6-8-26/h1,3,9,11-12,17,19,23,27H,2,4-8,10,13H2,(H,25,28)/t17-,19-/m1/s1. The molecule has 1 aliphatic carbocycles. The molecule has 2 aromatic rings. The Hall–Kier alpha value is -2.64. The highest BCUT2D eigenvalue weighted by Gasteiger charge is 2.26. The topological polar surface area (TPSA) is 86.7 Å². The molecule has 2 aliphatic heterocycles. The summed E-state index contributed by atoms with van der Waals surface area (Å²) < 4.78 is 5.99. The second-order valence-electron chi connectivity index (χ2n) is 8.04. The van der Waals surface area contributed by atoms with E-state index < -0.39 is 6.10 Å². The van der Waals surface area contributed by atoms with Gasteiger partial charge in [-0.1, -0.05) is 6.07 Å². The van der Waals surface area contributed by atoms with Crippen LogP contribution >= 0.6 is 0 Å². The minimum Gasteiger partial charge on any atom is -0.491 e. The van der Waals surface area contributed by atoms with Crippen molar-refractivity contribution in [3.05, 3.63) is 52.8 Å². The summed E-state index contributed by atoms with van der Waals surface area (Å²) in [5, 5.41) is 16.3. The number of nitrogens with one attached hydrogen (secondary N) is 2. The Bertz CT molecular complexity index is 926. The molecular formula is C22H26N4O3. The summed E-state index contributed by atoms with van der Waals surface area (Å²) in [5.74, 6) is 0.774. The summed E-state index contributed by atoms with van der Waals surface area (Å²) in [6.07, 6.45) is 3.24. The quantitative estimate of drug-likeness (QED) is 0.725. The first-order valence-corrected chi connectivity index (χ1v) is 10.4. The van der Waals surface area contributed by atoms with Crippen LogP contribution in [0.5, 0.6) is 5.75 Å². The van der Waals surface area contributed by atoms with Gasteiger partial charge in [0.1, 0.15) is 12.4 Å². The predicted molar refractivity (Wildman–Crippen MR) is 109 cm³/mol. The average molecular weight is 394 g/mol. The first-order chi connectivity index (χ1) is 14.2. The molecule has 0 bridgehead atoms. The number of aromatic nitrogens is 1. The third-order valence-corrected chi connectivity index (χ3v) is 6.04. The van der Waals surface area contributed by atoms with E-state index >= 15 is 0 Å². The molecule has 0 saturated carbocycles. The average Bonchev–Trinajstić information content (AvgIpc) is 3.14. The van der Waals surface area contributed by atoms with E-state index in [4.69, 9.17) is 4.74 Å². The Kier molecular flexibility index (Phi) is 4.85. The van der Waals surface area contributed by atoms with E-state index in [1.165, 1.54) is 5.69 Å². The van der Waals surface area contributed by atoms with Crippen LogP contribution in [-0.2, 0) is 12.8 Å². The van der Waals surface area contributed by atoms with Crippen LogP contribution in [0.3, 0.4) is 0 Å². The number of aliphatic hydroxyl groups excluding tert-OH is 1. The van der Waals surface area contributed by atoms with Crippen LogP contribution in [0.4, 0.5) is 5.69 Å². The lowest BCUT2D eigenvalue weighted by Gasteiger charge is -2.31.